The van der Waals surface area contributed by atoms with Gasteiger partial charge in [-0.25, -0.2) is 4.98 Å². The molecule has 0 saturated carbocycles. The largest absolute Gasteiger partial charge is 0.497 e. The molecule has 0 spiro atoms. The van der Waals surface area contributed by atoms with Crippen LogP contribution in [0.4, 0.5) is 0 Å². The van der Waals surface area contributed by atoms with Crippen molar-refractivity contribution in [2.24, 2.45) is 4.99 Å². The van der Waals surface area contributed by atoms with E-state index in [9.17, 15) is 0 Å². The molecule has 0 bridgehead atoms. The van der Waals surface area contributed by atoms with Crippen LogP contribution in [0.3, 0.4) is 0 Å². The van der Waals surface area contributed by atoms with E-state index < -0.39 is 0 Å². The first kappa shape index (κ1) is 15.9. The zero-order valence-corrected chi connectivity index (χ0v) is 14.6. The fraction of sp³-hybridized carbons (Fsp3) is 0.412. The van der Waals surface area contributed by atoms with Crippen LogP contribution in [-0.4, -0.2) is 36.2 Å². The molecule has 1 N–H and O–H groups in total. The Morgan fingerprint density at radius 2 is 2.04 bits per heavy atom. The minimum absolute atomic E-state index is 0.0470. The second-order valence-electron chi connectivity index (χ2n) is 5.70. The van der Waals surface area contributed by atoms with E-state index in [-0.39, 0.29) is 6.04 Å². The Bertz CT molecular complexity index is 746. The fourth-order valence-electron chi connectivity index (χ4n) is 2.53. The average Bonchev–Trinajstić information content (AvgIpc) is 3.00. The topological polar surface area (TPSA) is 55.7 Å². The number of benzene rings is 1. The van der Waals surface area contributed by atoms with Crippen molar-refractivity contribution in [2.45, 2.75) is 25.9 Å². The maximum atomic E-state index is 5.47. The number of hydrogen-bond acceptors (Lipinski definition) is 6. The lowest BCUT2D eigenvalue weighted by molar-refractivity contribution is 0.400. The number of pyridine rings is 1. The lowest BCUT2D eigenvalue weighted by atomic mass is 10.1. The molecule has 1 unspecified atom stereocenters. The number of fused-ring (bicyclic) bond motifs is 1. The maximum absolute atomic E-state index is 5.47. The molecule has 23 heavy (non-hydrogen) atoms. The molecule has 0 radical (unpaired) electrons. The summed E-state index contributed by atoms with van der Waals surface area (Å²) in [5.74, 6) is 2.34. The Balaban J connectivity index is 1.99. The van der Waals surface area contributed by atoms with Crippen LogP contribution >= 0.6 is 11.8 Å². The van der Waals surface area contributed by atoms with Crippen LogP contribution in [0.2, 0.25) is 0 Å². The van der Waals surface area contributed by atoms with Crippen molar-refractivity contribution >= 4 is 27.7 Å². The van der Waals surface area contributed by atoms with Crippen LogP contribution in [-0.2, 0) is 0 Å². The molecule has 1 aliphatic rings. The lowest BCUT2D eigenvalue weighted by Crippen LogP contribution is -2.26. The van der Waals surface area contributed by atoms with Gasteiger partial charge in [-0.3, -0.25) is 4.99 Å². The third-order valence-electron chi connectivity index (χ3n) is 3.62. The van der Waals surface area contributed by atoms with Gasteiger partial charge in [-0.15, -0.1) is 0 Å². The minimum Gasteiger partial charge on any atom is -0.497 e. The highest BCUT2D eigenvalue weighted by molar-refractivity contribution is 8.14. The molecule has 0 amide bonds. The Morgan fingerprint density at radius 1 is 1.22 bits per heavy atom. The van der Waals surface area contributed by atoms with Crippen LogP contribution < -0.4 is 14.8 Å². The summed E-state index contributed by atoms with van der Waals surface area (Å²) in [6.45, 7) is 4.22. The van der Waals surface area contributed by atoms with E-state index in [4.69, 9.17) is 14.5 Å². The summed E-state index contributed by atoms with van der Waals surface area (Å²) >= 11 is 1.73. The SMILES string of the molecule is COc1ccc2c(OC)nc(C3CSC(NC(C)C)=N3)cc2c1. The number of nitrogens with one attached hydrogen (secondary N) is 1. The Labute approximate surface area is 140 Å². The maximum Gasteiger partial charge on any atom is 0.221 e. The second-order valence-corrected chi connectivity index (χ2v) is 6.71. The van der Waals surface area contributed by atoms with Gasteiger partial charge >= 0.3 is 0 Å². The van der Waals surface area contributed by atoms with Crippen molar-refractivity contribution < 1.29 is 9.47 Å². The highest BCUT2D eigenvalue weighted by Crippen LogP contribution is 2.34. The molecular formula is C17H21N3O2S. The van der Waals surface area contributed by atoms with Crippen molar-refractivity contribution in [1.29, 1.82) is 0 Å². The van der Waals surface area contributed by atoms with Gasteiger partial charge in [0.05, 0.1) is 19.9 Å². The monoisotopic (exact) mass is 331 g/mol. The smallest absolute Gasteiger partial charge is 0.221 e. The van der Waals surface area contributed by atoms with E-state index >= 15 is 0 Å². The van der Waals surface area contributed by atoms with Gasteiger partial charge < -0.3 is 14.8 Å². The molecule has 0 fully saturated rings. The summed E-state index contributed by atoms with van der Waals surface area (Å²) < 4.78 is 10.8. The third kappa shape index (κ3) is 3.37. The molecule has 6 heteroatoms. The highest BCUT2D eigenvalue weighted by atomic mass is 32.2. The van der Waals surface area contributed by atoms with Crippen molar-refractivity contribution in [3.63, 3.8) is 0 Å². The summed E-state index contributed by atoms with van der Waals surface area (Å²) in [5.41, 5.74) is 0.927. The molecular weight excluding hydrogens is 310 g/mol. The zero-order valence-electron chi connectivity index (χ0n) is 13.8. The van der Waals surface area contributed by atoms with Crippen LogP contribution in [0.25, 0.3) is 10.8 Å². The Hall–Kier alpha value is -1.95. The fourth-order valence-corrected chi connectivity index (χ4v) is 3.61. The number of amidine groups is 1. The summed E-state index contributed by atoms with van der Waals surface area (Å²) in [6, 6.07) is 8.40. The molecule has 3 rings (SSSR count). The van der Waals surface area contributed by atoms with Gasteiger partial charge in [0, 0.05) is 17.2 Å². The number of aliphatic imine (C=N–C) groups is 1. The molecule has 2 aromatic rings. The van der Waals surface area contributed by atoms with E-state index in [1.54, 1.807) is 26.0 Å². The van der Waals surface area contributed by atoms with Crippen molar-refractivity contribution in [1.82, 2.24) is 10.3 Å². The van der Waals surface area contributed by atoms with Crippen molar-refractivity contribution in [3.8, 4) is 11.6 Å². The summed E-state index contributed by atoms with van der Waals surface area (Å²) in [4.78, 5) is 9.40. The van der Waals surface area contributed by atoms with Gasteiger partial charge in [0.2, 0.25) is 5.88 Å². The molecule has 0 saturated heterocycles. The third-order valence-corrected chi connectivity index (χ3v) is 4.60. The lowest BCUT2D eigenvalue weighted by Gasteiger charge is -2.11. The van der Waals surface area contributed by atoms with Gasteiger partial charge in [-0.2, -0.15) is 0 Å². The summed E-state index contributed by atoms with van der Waals surface area (Å²) in [5, 5.41) is 6.37. The summed E-state index contributed by atoms with van der Waals surface area (Å²) in [6.07, 6.45) is 0. The van der Waals surface area contributed by atoms with Gasteiger partial charge in [-0.1, -0.05) is 11.8 Å². The molecule has 2 heterocycles. The van der Waals surface area contributed by atoms with Crippen LogP contribution in [0.5, 0.6) is 11.6 Å². The number of ether oxygens (including phenoxy) is 2. The van der Waals surface area contributed by atoms with E-state index in [1.165, 1.54) is 0 Å². The van der Waals surface area contributed by atoms with Crippen LogP contribution in [0.15, 0.2) is 29.3 Å². The molecule has 1 aromatic heterocycles. The number of aromatic nitrogens is 1. The highest BCUT2D eigenvalue weighted by Gasteiger charge is 2.23. The number of nitrogens with zero attached hydrogens (tertiary/aromatic N) is 2. The molecule has 1 atom stereocenters. The summed E-state index contributed by atoms with van der Waals surface area (Å²) in [7, 11) is 3.32. The Kier molecular flexibility index (Phi) is 4.61. The van der Waals surface area contributed by atoms with E-state index in [2.05, 4.69) is 30.2 Å². The number of hydrogen-bond donors (Lipinski definition) is 1. The van der Waals surface area contributed by atoms with E-state index in [1.807, 2.05) is 18.2 Å². The number of rotatable bonds is 4. The molecule has 0 aliphatic carbocycles. The first-order chi connectivity index (χ1) is 11.1. The zero-order chi connectivity index (χ0) is 16.4. The standard InChI is InChI=1S/C17H21N3O2S/c1-10(2)18-17-20-15(9-23-17)14-8-11-7-12(21-3)5-6-13(11)16(19-14)22-4/h5-8,10,15H,9H2,1-4H3,(H,18,20). The minimum atomic E-state index is 0.0470. The van der Waals surface area contributed by atoms with Gasteiger partial charge in [-0.05, 0) is 43.5 Å². The van der Waals surface area contributed by atoms with Crippen LogP contribution in [0, 0.1) is 0 Å². The Morgan fingerprint density at radius 3 is 2.74 bits per heavy atom. The van der Waals surface area contributed by atoms with E-state index in [0.29, 0.717) is 11.9 Å². The number of thioether (sulfide) groups is 1. The van der Waals surface area contributed by atoms with E-state index in [0.717, 1.165) is 33.1 Å². The van der Waals surface area contributed by atoms with Crippen molar-refractivity contribution in [2.75, 3.05) is 20.0 Å². The molecule has 1 aromatic carbocycles. The first-order valence-electron chi connectivity index (χ1n) is 7.60. The average molecular weight is 331 g/mol. The molecule has 1 aliphatic heterocycles. The number of methoxy groups -OCH3 is 2. The van der Waals surface area contributed by atoms with Gasteiger partial charge in [0.25, 0.3) is 0 Å². The molecule has 5 nitrogen and oxygen atoms in total. The predicted octanol–water partition coefficient (Wildman–Crippen LogP) is 3.39. The predicted molar refractivity (Wildman–Crippen MR) is 95.8 cm³/mol. The van der Waals surface area contributed by atoms with Crippen LogP contribution in [0.1, 0.15) is 25.6 Å². The van der Waals surface area contributed by atoms with Crippen molar-refractivity contribution in [3.05, 3.63) is 30.0 Å². The quantitative estimate of drug-likeness (QED) is 0.930. The van der Waals surface area contributed by atoms with Gasteiger partial charge in [0.15, 0.2) is 5.17 Å². The second kappa shape index (κ2) is 6.66. The molecule has 122 valence electrons. The first-order valence-corrected chi connectivity index (χ1v) is 8.59. The van der Waals surface area contributed by atoms with Gasteiger partial charge in [0.1, 0.15) is 11.8 Å². The normalized spacial score (nSPS) is 17.4.